The molecule has 0 radical (unpaired) electrons. The predicted molar refractivity (Wildman–Crippen MR) is 101 cm³/mol. The zero-order valence-corrected chi connectivity index (χ0v) is 14.7. The van der Waals surface area contributed by atoms with E-state index in [0.717, 1.165) is 37.4 Å². The Hall–Kier alpha value is -2.52. The molecule has 25 heavy (non-hydrogen) atoms. The second-order valence-electron chi connectivity index (χ2n) is 6.20. The molecule has 3 heteroatoms. The van der Waals surface area contributed by atoms with Gasteiger partial charge in [0.25, 0.3) is 0 Å². The highest BCUT2D eigenvalue weighted by molar-refractivity contribution is 5.31. The summed E-state index contributed by atoms with van der Waals surface area (Å²) in [6.45, 7) is 1.72. The van der Waals surface area contributed by atoms with Gasteiger partial charge >= 0.3 is 0 Å². The quantitative estimate of drug-likeness (QED) is 0.571. The van der Waals surface area contributed by atoms with Crippen LogP contribution in [0.4, 0.5) is 0 Å². The summed E-state index contributed by atoms with van der Waals surface area (Å²) in [7, 11) is 1.70. The van der Waals surface area contributed by atoms with E-state index in [-0.39, 0.29) is 0 Å². The van der Waals surface area contributed by atoms with Crippen LogP contribution in [0.1, 0.15) is 29.2 Å². The van der Waals surface area contributed by atoms with Gasteiger partial charge in [0, 0.05) is 0 Å². The lowest BCUT2D eigenvalue weighted by Gasteiger charge is -2.18. The van der Waals surface area contributed by atoms with Crippen LogP contribution in [0.15, 0.2) is 77.4 Å². The molecule has 0 saturated carbocycles. The molecule has 3 rings (SSSR count). The average molecular weight is 335 g/mol. The highest BCUT2D eigenvalue weighted by Gasteiger charge is 2.13. The Kier molecular flexibility index (Phi) is 6.29. The van der Waals surface area contributed by atoms with E-state index < -0.39 is 0 Å². The van der Waals surface area contributed by atoms with Crippen LogP contribution in [0.5, 0.6) is 5.75 Å². The Morgan fingerprint density at radius 3 is 2.44 bits per heavy atom. The van der Waals surface area contributed by atoms with Gasteiger partial charge in [-0.15, -0.1) is 0 Å². The van der Waals surface area contributed by atoms with Gasteiger partial charge in [0.2, 0.25) is 0 Å². The first-order chi connectivity index (χ1) is 12.3. The minimum Gasteiger partial charge on any atom is -0.497 e. The van der Waals surface area contributed by atoms with Gasteiger partial charge in [0.15, 0.2) is 0 Å². The SMILES string of the molecule is COc1ccc(C(CCNCc2ccco2)Cc2ccccc2)cc1. The molecule has 0 aliphatic rings. The lowest BCUT2D eigenvalue weighted by atomic mass is 9.89. The Bertz CT molecular complexity index is 720. The molecule has 1 N–H and O–H groups in total. The zero-order chi connectivity index (χ0) is 17.3. The number of nitrogens with one attached hydrogen (secondary N) is 1. The third kappa shape index (κ3) is 5.23. The fourth-order valence-corrected chi connectivity index (χ4v) is 3.06. The van der Waals surface area contributed by atoms with E-state index in [1.54, 1.807) is 13.4 Å². The van der Waals surface area contributed by atoms with E-state index in [1.807, 2.05) is 24.3 Å². The van der Waals surface area contributed by atoms with Crippen molar-refractivity contribution in [2.75, 3.05) is 13.7 Å². The summed E-state index contributed by atoms with van der Waals surface area (Å²) in [5.41, 5.74) is 2.72. The number of rotatable bonds is 9. The highest BCUT2D eigenvalue weighted by Crippen LogP contribution is 2.26. The maximum absolute atomic E-state index is 5.37. The van der Waals surface area contributed by atoms with E-state index >= 15 is 0 Å². The zero-order valence-electron chi connectivity index (χ0n) is 14.7. The molecule has 0 fully saturated rings. The Labute approximate surface area is 149 Å². The van der Waals surface area contributed by atoms with E-state index in [2.05, 4.69) is 47.8 Å². The second kappa shape index (κ2) is 9.09. The summed E-state index contributed by atoms with van der Waals surface area (Å²) < 4.78 is 10.7. The van der Waals surface area contributed by atoms with Crippen molar-refractivity contribution in [2.24, 2.45) is 0 Å². The monoisotopic (exact) mass is 335 g/mol. The van der Waals surface area contributed by atoms with Gasteiger partial charge in [0.05, 0.1) is 19.9 Å². The predicted octanol–water partition coefficient (Wildman–Crippen LogP) is 4.79. The topological polar surface area (TPSA) is 34.4 Å². The fourth-order valence-electron chi connectivity index (χ4n) is 3.06. The third-order valence-electron chi connectivity index (χ3n) is 4.46. The standard InChI is InChI=1S/C22H25NO2/c1-24-21-11-9-19(10-12-21)20(16-18-6-3-2-4-7-18)13-14-23-17-22-8-5-15-25-22/h2-12,15,20,23H,13-14,16-17H2,1H3. The van der Waals surface area contributed by atoms with Crippen LogP contribution in [0, 0.1) is 0 Å². The highest BCUT2D eigenvalue weighted by atomic mass is 16.5. The summed E-state index contributed by atoms with van der Waals surface area (Å²) in [6, 6.07) is 23.1. The van der Waals surface area contributed by atoms with E-state index in [9.17, 15) is 0 Å². The van der Waals surface area contributed by atoms with Crippen LogP contribution in [-0.4, -0.2) is 13.7 Å². The van der Waals surface area contributed by atoms with Crippen LogP contribution >= 0.6 is 0 Å². The van der Waals surface area contributed by atoms with Gasteiger partial charge in [-0.25, -0.2) is 0 Å². The third-order valence-corrected chi connectivity index (χ3v) is 4.46. The largest absolute Gasteiger partial charge is 0.497 e. The molecule has 2 aromatic carbocycles. The van der Waals surface area contributed by atoms with E-state index in [4.69, 9.17) is 9.15 Å². The van der Waals surface area contributed by atoms with Crippen LogP contribution < -0.4 is 10.1 Å². The molecular formula is C22H25NO2. The number of furan rings is 1. The second-order valence-corrected chi connectivity index (χ2v) is 6.20. The lowest BCUT2D eigenvalue weighted by molar-refractivity contribution is 0.414. The van der Waals surface area contributed by atoms with Crippen LogP contribution in [0.25, 0.3) is 0 Å². The van der Waals surface area contributed by atoms with Crippen molar-refractivity contribution in [3.8, 4) is 5.75 Å². The number of hydrogen-bond acceptors (Lipinski definition) is 3. The summed E-state index contributed by atoms with van der Waals surface area (Å²) in [6.07, 6.45) is 3.82. The van der Waals surface area contributed by atoms with Gasteiger partial charge in [-0.05, 0) is 60.7 Å². The van der Waals surface area contributed by atoms with Crippen LogP contribution in [0.2, 0.25) is 0 Å². The molecule has 0 bridgehead atoms. The molecule has 3 nitrogen and oxygen atoms in total. The number of methoxy groups -OCH3 is 1. The van der Waals surface area contributed by atoms with Crippen molar-refractivity contribution < 1.29 is 9.15 Å². The maximum Gasteiger partial charge on any atom is 0.118 e. The van der Waals surface area contributed by atoms with Crippen molar-refractivity contribution >= 4 is 0 Å². The van der Waals surface area contributed by atoms with E-state index in [0.29, 0.717) is 5.92 Å². The first-order valence-corrected chi connectivity index (χ1v) is 8.76. The molecule has 1 aromatic heterocycles. The number of hydrogen-bond donors (Lipinski definition) is 1. The van der Waals surface area contributed by atoms with Gasteiger partial charge in [-0.2, -0.15) is 0 Å². The molecule has 1 unspecified atom stereocenters. The molecule has 0 spiro atoms. The molecule has 0 amide bonds. The minimum absolute atomic E-state index is 0.470. The van der Waals surface area contributed by atoms with Crippen molar-refractivity contribution in [2.45, 2.75) is 25.3 Å². The molecule has 0 aliphatic carbocycles. The molecule has 0 aliphatic heterocycles. The van der Waals surface area contributed by atoms with Gasteiger partial charge in [-0.3, -0.25) is 0 Å². The normalized spacial score (nSPS) is 12.0. The van der Waals surface area contributed by atoms with Gasteiger partial charge < -0.3 is 14.5 Å². The number of benzene rings is 2. The Morgan fingerprint density at radius 1 is 0.960 bits per heavy atom. The fraction of sp³-hybridized carbons (Fsp3) is 0.273. The van der Waals surface area contributed by atoms with Gasteiger partial charge in [-0.1, -0.05) is 42.5 Å². The van der Waals surface area contributed by atoms with Crippen molar-refractivity contribution in [3.05, 3.63) is 89.9 Å². The molecule has 1 heterocycles. The summed E-state index contributed by atoms with van der Waals surface area (Å²) in [5, 5.41) is 3.48. The van der Waals surface area contributed by atoms with Crippen LogP contribution in [-0.2, 0) is 13.0 Å². The van der Waals surface area contributed by atoms with Crippen molar-refractivity contribution in [1.29, 1.82) is 0 Å². The van der Waals surface area contributed by atoms with Gasteiger partial charge in [0.1, 0.15) is 11.5 Å². The number of ether oxygens (including phenoxy) is 1. The van der Waals surface area contributed by atoms with E-state index in [1.165, 1.54) is 11.1 Å². The smallest absolute Gasteiger partial charge is 0.118 e. The summed E-state index contributed by atoms with van der Waals surface area (Å²) in [4.78, 5) is 0. The molecule has 1 atom stereocenters. The lowest BCUT2D eigenvalue weighted by Crippen LogP contribution is -2.18. The Balaban J connectivity index is 1.62. The van der Waals surface area contributed by atoms with Crippen molar-refractivity contribution in [1.82, 2.24) is 5.32 Å². The first-order valence-electron chi connectivity index (χ1n) is 8.76. The average Bonchev–Trinajstić information content (AvgIpc) is 3.19. The first kappa shape index (κ1) is 17.3. The molecule has 130 valence electrons. The molecular weight excluding hydrogens is 310 g/mol. The molecule has 0 saturated heterocycles. The summed E-state index contributed by atoms with van der Waals surface area (Å²) >= 11 is 0. The summed E-state index contributed by atoms with van der Waals surface area (Å²) in [5.74, 6) is 2.35. The minimum atomic E-state index is 0.470. The maximum atomic E-state index is 5.37. The Morgan fingerprint density at radius 2 is 1.76 bits per heavy atom. The molecule has 3 aromatic rings. The van der Waals surface area contributed by atoms with Crippen LogP contribution in [0.3, 0.4) is 0 Å². The van der Waals surface area contributed by atoms with Crippen molar-refractivity contribution in [3.63, 3.8) is 0 Å².